The summed E-state index contributed by atoms with van der Waals surface area (Å²) >= 11 is 0. The van der Waals surface area contributed by atoms with Crippen LogP contribution >= 0.6 is 0 Å². The van der Waals surface area contributed by atoms with Crippen molar-refractivity contribution in [3.8, 4) is 0 Å². The van der Waals surface area contributed by atoms with Crippen molar-refractivity contribution in [1.82, 2.24) is 9.55 Å². The van der Waals surface area contributed by atoms with E-state index >= 15 is 0 Å². The maximum Gasteiger partial charge on any atom is 0.328 e. The molecule has 0 atom stereocenters. The third-order valence-corrected chi connectivity index (χ3v) is 3.74. The number of hydrogen-bond donors (Lipinski definition) is 5. The summed E-state index contributed by atoms with van der Waals surface area (Å²) in [6.45, 7) is 3.71. The Balaban J connectivity index is 0.000000634. The van der Waals surface area contributed by atoms with Gasteiger partial charge in [-0.25, -0.2) is 24.2 Å². The molecule has 1 aromatic carbocycles. The Morgan fingerprint density at radius 2 is 1.44 bits per heavy atom. The van der Waals surface area contributed by atoms with Crippen molar-refractivity contribution in [3.63, 3.8) is 0 Å². The van der Waals surface area contributed by atoms with E-state index in [1.54, 1.807) is 6.20 Å². The highest BCUT2D eigenvalue weighted by molar-refractivity contribution is 6.00. The zero-order chi connectivity index (χ0) is 27.3. The van der Waals surface area contributed by atoms with Crippen LogP contribution in [0.25, 0.3) is 0 Å². The number of carbonyl (C=O) groups is 4. The lowest BCUT2D eigenvalue weighted by Gasteiger charge is -2.08. The summed E-state index contributed by atoms with van der Waals surface area (Å²) in [6, 6.07) is 10.0. The summed E-state index contributed by atoms with van der Waals surface area (Å²) in [5, 5.41) is 35.5. The number of rotatable bonds is 11. The molecule has 0 spiro atoms. The van der Waals surface area contributed by atoms with Crippen molar-refractivity contribution in [3.05, 3.63) is 78.4 Å². The van der Waals surface area contributed by atoms with Crippen molar-refractivity contribution in [2.45, 2.75) is 19.9 Å². The summed E-state index contributed by atoms with van der Waals surface area (Å²) in [6.07, 6.45) is 6.79. The third kappa shape index (κ3) is 16.8. The molecule has 0 aliphatic rings. The highest BCUT2D eigenvalue weighted by Crippen LogP contribution is 2.08. The lowest BCUT2D eigenvalue weighted by atomic mass is 10.1. The first-order chi connectivity index (χ1) is 17.1. The molecule has 36 heavy (non-hydrogen) atoms. The quantitative estimate of drug-likeness (QED) is 0.127. The molecule has 13 heteroatoms. The minimum atomic E-state index is -1.26. The smallest absolute Gasteiger partial charge is 0.328 e. The first kappa shape index (κ1) is 31.2. The van der Waals surface area contributed by atoms with Crippen LogP contribution in [0, 0.1) is 6.92 Å². The van der Waals surface area contributed by atoms with Gasteiger partial charge in [-0.15, -0.1) is 0 Å². The minimum Gasteiger partial charge on any atom is -0.478 e. The number of aliphatic carboxylic acids is 4. The third-order valence-electron chi connectivity index (χ3n) is 3.74. The lowest BCUT2D eigenvalue weighted by Crippen LogP contribution is -2.11. The van der Waals surface area contributed by atoms with Crippen LogP contribution in [0.1, 0.15) is 17.8 Å². The van der Waals surface area contributed by atoms with Crippen LogP contribution in [0.4, 0.5) is 0 Å². The molecule has 0 fully saturated rings. The monoisotopic (exact) mass is 504 g/mol. The van der Waals surface area contributed by atoms with E-state index in [0.29, 0.717) is 37.5 Å². The SMILES string of the molecule is Cc1nccn1CCC(=NOCCN)c1ccccc1.O=C(O)/C=C/C(=O)O.O=C(O)/C=C/C(=O)O. The largest absolute Gasteiger partial charge is 0.478 e. The normalized spacial score (nSPS) is 10.7. The Morgan fingerprint density at radius 3 is 1.83 bits per heavy atom. The van der Waals surface area contributed by atoms with E-state index in [2.05, 4.69) is 14.7 Å². The van der Waals surface area contributed by atoms with Gasteiger partial charge in [0.2, 0.25) is 0 Å². The van der Waals surface area contributed by atoms with E-state index in [-0.39, 0.29) is 0 Å². The molecular weight excluding hydrogens is 476 g/mol. The number of carboxylic acids is 4. The van der Waals surface area contributed by atoms with Crippen molar-refractivity contribution in [2.24, 2.45) is 10.9 Å². The predicted octanol–water partition coefficient (Wildman–Crippen LogP) is 1.38. The molecule has 0 aliphatic heterocycles. The first-order valence-corrected chi connectivity index (χ1v) is 10.3. The second kappa shape index (κ2) is 18.6. The zero-order valence-corrected chi connectivity index (χ0v) is 19.4. The minimum absolute atomic E-state index is 0.431. The van der Waals surface area contributed by atoms with Gasteiger partial charge < -0.3 is 35.6 Å². The molecule has 0 amide bonds. The number of hydrogen-bond acceptors (Lipinski definition) is 8. The molecule has 2 rings (SSSR count). The lowest BCUT2D eigenvalue weighted by molar-refractivity contribution is -0.134. The molecule has 1 heterocycles. The van der Waals surface area contributed by atoms with Gasteiger partial charge >= 0.3 is 23.9 Å². The number of aryl methyl sites for hydroxylation is 2. The highest BCUT2D eigenvalue weighted by atomic mass is 16.6. The van der Waals surface area contributed by atoms with E-state index in [9.17, 15) is 19.2 Å². The predicted molar refractivity (Wildman–Crippen MR) is 128 cm³/mol. The van der Waals surface area contributed by atoms with Crippen molar-refractivity contribution in [2.75, 3.05) is 13.2 Å². The molecule has 0 bridgehead atoms. The van der Waals surface area contributed by atoms with Crippen LogP contribution in [0.5, 0.6) is 0 Å². The van der Waals surface area contributed by atoms with Gasteiger partial charge in [0, 0.05) is 56.2 Å². The molecule has 6 N–H and O–H groups in total. The van der Waals surface area contributed by atoms with Gasteiger partial charge in [-0.2, -0.15) is 0 Å². The molecule has 194 valence electrons. The summed E-state index contributed by atoms with van der Waals surface area (Å²) in [4.78, 5) is 47.7. The van der Waals surface area contributed by atoms with E-state index < -0.39 is 23.9 Å². The average Bonchev–Trinajstić information content (AvgIpc) is 3.24. The Kier molecular flexibility index (Phi) is 16.2. The molecule has 2 aromatic rings. The Bertz CT molecular complexity index is 995. The Hall–Kier alpha value is -4.78. The summed E-state index contributed by atoms with van der Waals surface area (Å²) in [5.41, 5.74) is 7.41. The molecule has 0 aliphatic carbocycles. The number of carboxylic acid groups (broad SMARTS) is 4. The van der Waals surface area contributed by atoms with Crippen molar-refractivity contribution >= 4 is 29.6 Å². The summed E-state index contributed by atoms with van der Waals surface area (Å²) < 4.78 is 2.10. The average molecular weight is 504 g/mol. The van der Waals surface area contributed by atoms with Crippen LogP contribution in [0.2, 0.25) is 0 Å². The fraction of sp³-hybridized carbons (Fsp3) is 0.217. The number of oxime groups is 1. The van der Waals surface area contributed by atoms with Gasteiger partial charge in [0.05, 0.1) is 5.71 Å². The molecule has 0 unspecified atom stereocenters. The topological polar surface area (TPSA) is 215 Å². The second-order valence-electron chi connectivity index (χ2n) is 6.46. The van der Waals surface area contributed by atoms with Crippen molar-refractivity contribution < 1.29 is 44.4 Å². The van der Waals surface area contributed by atoms with Gasteiger partial charge in [0.25, 0.3) is 0 Å². The maximum atomic E-state index is 9.55. The van der Waals surface area contributed by atoms with Gasteiger partial charge in [-0.1, -0.05) is 35.5 Å². The summed E-state index contributed by atoms with van der Waals surface area (Å²) in [5.74, 6) is -4.03. The fourth-order valence-corrected chi connectivity index (χ4v) is 2.20. The number of imidazole rings is 1. The standard InChI is InChI=1S/C15H20N4O.2C4H4O4/c1-13-17-9-11-19(13)10-7-15(18-20-12-8-16)14-5-3-2-4-6-14;2*5-3(6)1-2-4(7)8/h2-6,9,11H,7-8,10,12,16H2,1H3;2*1-2H,(H,5,6)(H,7,8)/b;2*2-1+. The molecule has 0 saturated heterocycles. The van der Waals surface area contributed by atoms with E-state index in [4.69, 9.17) is 31.0 Å². The van der Waals surface area contributed by atoms with Crippen molar-refractivity contribution in [1.29, 1.82) is 0 Å². The number of benzene rings is 1. The first-order valence-electron chi connectivity index (χ1n) is 10.3. The van der Waals surface area contributed by atoms with Crippen LogP contribution < -0.4 is 5.73 Å². The molecular formula is C23H28N4O9. The number of nitrogens with zero attached hydrogens (tertiary/aromatic N) is 3. The van der Waals surface area contributed by atoms with Crippen LogP contribution in [0.15, 0.2) is 72.2 Å². The van der Waals surface area contributed by atoms with Crippen LogP contribution in [0.3, 0.4) is 0 Å². The van der Waals surface area contributed by atoms with Gasteiger partial charge in [-0.05, 0) is 12.5 Å². The molecule has 0 radical (unpaired) electrons. The van der Waals surface area contributed by atoms with E-state index in [1.165, 1.54) is 0 Å². The molecule has 0 saturated carbocycles. The Labute approximate surface area is 206 Å². The van der Waals surface area contributed by atoms with E-state index in [1.807, 2.05) is 43.5 Å². The van der Waals surface area contributed by atoms with Gasteiger partial charge in [-0.3, -0.25) is 0 Å². The number of aromatic nitrogens is 2. The molecule has 1 aromatic heterocycles. The summed E-state index contributed by atoms with van der Waals surface area (Å²) in [7, 11) is 0. The maximum absolute atomic E-state index is 9.55. The Morgan fingerprint density at radius 1 is 0.944 bits per heavy atom. The fourth-order valence-electron chi connectivity index (χ4n) is 2.20. The highest BCUT2D eigenvalue weighted by Gasteiger charge is 2.06. The second-order valence-corrected chi connectivity index (χ2v) is 6.46. The molecule has 13 nitrogen and oxygen atoms in total. The van der Waals surface area contributed by atoms with Crippen LogP contribution in [-0.4, -0.2) is 72.7 Å². The van der Waals surface area contributed by atoms with Gasteiger partial charge in [0.1, 0.15) is 12.4 Å². The van der Waals surface area contributed by atoms with E-state index in [0.717, 1.165) is 30.1 Å². The number of nitrogens with two attached hydrogens (primary N) is 1. The van der Waals surface area contributed by atoms with Crippen LogP contribution in [-0.2, 0) is 30.6 Å². The zero-order valence-electron chi connectivity index (χ0n) is 19.4. The van der Waals surface area contributed by atoms with Gasteiger partial charge in [0.15, 0.2) is 0 Å².